The molecule has 1 amide bonds. The quantitative estimate of drug-likeness (QED) is 0.879. The average molecular weight is 352 g/mol. The maximum absolute atomic E-state index is 12.6. The summed E-state index contributed by atoms with van der Waals surface area (Å²) in [6.45, 7) is 3.11. The number of pyridine rings is 1. The van der Waals surface area contributed by atoms with Crippen LogP contribution in [0.4, 0.5) is 18.9 Å². The van der Waals surface area contributed by atoms with Crippen LogP contribution in [0.5, 0.6) is 0 Å². The molecule has 5 nitrogen and oxygen atoms in total. The van der Waals surface area contributed by atoms with Crippen LogP contribution < -0.4 is 5.32 Å². The van der Waals surface area contributed by atoms with Crippen molar-refractivity contribution >= 4 is 17.6 Å². The molecule has 0 saturated carbocycles. The van der Waals surface area contributed by atoms with Gasteiger partial charge in [0.25, 0.3) is 0 Å². The van der Waals surface area contributed by atoms with Crippen LogP contribution in [0, 0.1) is 0 Å². The lowest BCUT2D eigenvalue weighted by Gasteiger charge is -2.24. The first-order valence-electron chi connectivity index (χ1n) is 7.19. The van der Waals surface area contributed by atoms with E-state index in [4.69, 9.17) is 5.11 Å². The molecule has 0 unspecified atom stereocenters. The number of halogens is 3. The number of hydrogen-bond acceptors (Lipinski definition) is 3. The van der Waals surface area contributed by atoms with Crippen LogP contribution >= 0.6 is 0 Å². The van der Waals surface area contributed by atoms with Gasteiger partial charge in [-0.25, -0.2) is 4.79 Å². The molecule has 2 aromatic rings. The third-order valence-electron chi connectivity index (χ3n) is 3.74. The SMILES string of the molecule is CC(C)(C(=O)Nc1cncc(C(=O)O)c1)c1ccc(C(F)(F)F)cc1. The minimum absolute atomic E-state index is 0.0925. The molecule has 132 valence electrons. The van der Waals surface area contributed by atoms with Crippen LogP contribution in [0.1, 0.15) is 35.3 Å². The molecule has 1 aromatic heterocycles. The summed E-state index contributed by atoms with van der Waals surface area (Å²) in [5.41, 5.74) is -1.45. The van der Waals surface area contributed by atoms with Crippen LogP contribution in [0.3, 0.4) is 0 Å². The second-order valence-corrected chi connectivity index (χ2v) is 5.92. The van der Waals surface area contributed by atoms with E-state index in [1.165, 1.54) is 24.4 Å². The Hall–Kier alpha value is -2.90. The highest BCUT2D eigenvalue weighted by Gasteiger charge is 2.33. The van der Waals surface area contributed by atoms with Gasteiger partial charge in [0.2, 0.25) is 5.91 Å². The summed E-state index contributed by atoms with van der Waals surface area (Å²) in [5.74, 6) is -1.69. The van der Waals surface area contributed by atoms with Crippen LogP contribution in [-0.4, -0.2) is 22.0 Å². The lowest BCUT2D eigenvalue weighted by atomic mass is 9.83. The number of aromatic nitrogens is 1. The molecule has 25 heavy (non-hydrogen) atoms. The summed E-state index contributed by atoms with van der Waals surface area (Å²) < 4.78 is 37.9. The third-order valence-corrected chi connectivity index (χ3v) is 3.74. The normalized spacial score (nSPS) is 11.9. The Bertz CT molecular complexity index is 800. The molecule has 8 heteroatoms. The Morgan fingerprint density at radius 2 is 1.60 bits per heavy atom. The van der Waals surface area contributed by atoms with E-state index in [9.17, 15) is 22.8 Å². The maximum Gasteiger partial charge on any atom is 0.416 e. The zero-order valence-electron chi connectivity index (χ0n) is 13.4. The third kappa shape index (κ3) is 4.14. The van der Waals surface area contributed by atoms with Crippen molar-refractivity contribution in [2.75, 3.05) is 5.32 Å². The molecule has 0 aliphatic rings. The number of alkyl halides is 3. The van der Waals surface area contributed by atoms with Crippen molar-refractivity contribution in [3.8, 4) is 0 Å². The summed E-state index contributed by atoms with van der Waals surface area (Å²) in [4.78, 5) is 27.1. The van der Waals surface area contributed by atoms with Gasteiger partial charge in [-0.05, 0) is 37.6 Å². The van der Waals surface area contributed by atoms with Crippen molar-refractivity contribution in [2.24, 2.45) is 0 Å². The predicted octanol–water partition coefficient (Wildman–Crippen LogP) is 3.71. The largest absolute Gasteiger partial charge is 0.478 e. The van der Waals surface area contributed by atoms with E-state index in [0.29, 0.717) is 5.56 Å². The summed E-state index contributed by atoms with van der Waals surface area (Å²) in [6.07, 6.45) is -2.03. The lowest BCUT2D eigenvalue weighted by molar-refractivity contribution is -0.137. The monoisotopic (exact) mass is 352 g/mol. The van der Waals surface area contributed by atoms with Gasteiger partial charge >= 0.3 is 12.1 Å². The lowest BCUT2D eigenvalue weighted by Crippen LogP contribution is -2.34. The highest BCUT2D eigenvalue weighted by Crippen LogP contribution is 2.32. The molecule has 0 saturated heterocycles. The number of anilines is 1. The van der Waals surface area contributed by atoms with E-state index in [-0.39, 0.29) is 11.3 Å². The first-order valence-corrected chi connectivity index (χ1v) is 7.19. The molecule has 1 heterocycles. The number of rotatable bonds is 4. The summed E-state index contributed by atoms with van der Waals surface area (Å²) in [7, 11) is 0. The topological polar surface area (TPSA) is 79.3 Å². The number of carbonyl (C=O) groups is 2. The van der Waals surface area contributed by atoms with E-state index < -0.39 is 29.0 Å². The minimum Gasteiger partial charge on any atom is -0.478 e. The zero-order chi connectivity index (χ0) is 18.8. The van der Waals surface area contributed by atoms with Crippen molar-refractivity contribution < 1.29 is 27.9 Å². The van der Waals surface area contributed by atoms with E-state index in [2.05, 4.69) is 10.3 Å². The molecular weight excluding hydrogens is 337 g/mol. The molecule has 0 bridgehead atoms. The number of carbonyl (C=O) groups excluding carboxylic acids is 1. The molecular formula is C17H15F3N2O3. The van der Waals surface area contributed by atoms with Crippen molar-refractivity contribution in [2.45, 2.75) is 25.4 Å². The number of nitrogens with zero attached hydrogens (tertiary/aromatic N) is 1. The van der Waals surface area contributed by atoms with Crippen LogP contribution in [0.2, 0.25) is 0 Å². The Labute approximate surface area is 141 Å². The van der Waals surface area contributed by atoms with Crippen LogP contribution in [-0.2, 0) is 16.4 Å². The Kier molecular flexibility index (Phi) is 4.82. The summed E-state index contributed by atoms with van der Waals surface area (Å²) in [6, 6.07) is 5.56. The number of benzene rings is 1. The first kappa shape index (κ1) is 18.4. The Morgan fingerprint density at radius 3 is 2.12 bits per heavy atom. The Morgan fingerprint density at radius 1 is 1.04 bits per heavy atom. The standard InChI is InChI=1S/C17H15F3N2O3/c1-16(2,11-3-5-12(6-4-11)17(18,19)20)15(25)22-13-7-10(14(23)24)8-21-9-13/h3-9H,1-2H3,(H,22,25)(H,23,24). The molecule has 0 spiro atoms. The predicted molar refractivity (Wildman–Crippen MR) is 84.3 cm³/mol. The van der Waals surface area contributed by atoms with Gasteiger partial charge in [-0.3, -0.25) is 9.78 Å². The zero-order valence-corrected chi connectivity index (χ0v) is 13.4. The minimum atomic E-state index is -4.45. The summed E-state index contributed by atoms with van der Waals surface area (Å²) in [5, 5.41) is 11.5. The number of carboxylic acid groups (broad SMARTS) is 1. The smallest absolute Gasteiger partial charge is 0.416 e. The fourth-order valence-electron chi connectivity index (χ4n) is 2.12. The number of hydrogen-bond donors (Lipinski definition) is 2. The molecule has 0 fully saturated rings. The van der Waals surface area contributed by atoms with Gasteiger partial charge in [0.05, 0.1) is 28.4 Å². The van der Waals surface area contributed by atoms with Crippen LogP contribution in [0.15, 0.2) is 42.7 Å². The van der Waals surface area contributed by atoms with Crippen molar-refractivity contribution in [3.63, 3.8) is 0 Å². The number of carboxylic acids is 1. The highest BCUT2D eigenvalue weighted by atomic mass is 19.4. The highest BCUT2D eigenvalue weighted by molar-refractivity contribution is 5.99. The molecule has 1 aromatic carbocycles. The van der Waals surface area contributed by atoms with Crippen molar-refractivity contribution in [3.05, 3.63) is 59.4 Å². The maximum atomic E-state index is 12.6. The van der Waals surface area contributed by atoms with Gasteiger partial charge in [0.1, 0.15) is 0 Å². The second-order valence-electron chi connectivity index (χ2n) is 5.92. The number of nitrogens with one attached hydrogen (secondary N) is 1. The van der Waals surface area contributed by atoms with Gasteiger partial charge in [-0.1, -0.05) is 12.1 Å². The molecule has 0 radical (unpaired) electrons. The van der Waals surface area contributed by atoms with Gasteiger partial charge in [-0.2, -0.15) is 13.2 Å². The first-order chi connectivity index (χ1) is 11.5. The molecule has 0 aliphatic heterocycles. The molecule has 2 N–H and O–H groups in total. The van der Waals surface area contributed by atoms with Gasteiger partial charge in [0.15, 0.2) is 0 Å². The molecule has 0 atom stereocenters. The van der Waals surface area contributed by atoms with E-state index in [1.54, 1.807) is 13.8 Å². The Balaban J connectivity index is 2.22. The van der Waals surface area contributed by atoms with Gasteiger partial charge in [0, 0.05) is 6.20 Å². The molecule has 0 aliphatic carbocycles. The van der Waals surface area contributed by atoms with E-state index >= 15 is 0 Å². The molecule has 2 rings (SSSR count). The number of aromatic carboxylic acids is 1. The van der Waals surface area contributed by atoms with Gasteiger partial charge < -0.3 is 10.4 Å². The van der Waals surface area contributed by atoms with Crippen molar-refractivity contribution in [1.82, 2.24) is 4.98 Å². The fourth-order valence-corrected chi connectivity index (χ4v) is 2.12. The number of amides is 1. The summed E-state index contributed by atoms with van der Waals surface area (Å²) >= 11 is 0. The fraction of sp³-hybridized carbons (Fsp3) is 0.235. The average Bonchev–Trinajstić information content (AvgIpc) is 2.54. The van der Waals surface area contributed by atoms with Gasteiger partial charge in [-0.15, -0.1) is 0 Å². The second kappa shape index (κ2) is 6.54. The van der Waals surface area contributed by atoms with Crippen molar-refractivity contribution in [1.29, 1.82) is 0 Å². The van der Waals surface area contributed by atoms with Crippen LogP contribution in [0.25, 0.3) is 0 Å². The van der Waals surface area contributed by atoms with E-state index in [1.807, 2.05) is 0 Å². The van der Waals surface area contributed by atoms with E-state index in [0.717, 1.165) is 18.3 Å².